The summed E-state index contributed by atoms with van der Waals surface area (Å²) in [7, 11) is 0. The first kappa shape index (κ1) is 15.3. The molecule has 1 atom stereocenters. The fourth-order valence-corrected chi connectivity index (χ4v) is 1.83. The van der Waals surface area contributed by atoms with Crippen molar-refractivity contribution in [2.45, 2.75) is 13.0 Å². The predicted octanol–water partition coefficient (Wildman–Crippen LogP) is 3.48. The number of benzene rings is 2. The number of rotatable bonds is 6. The Morgan fingerprint density at radius 3 is 2.19 bits per heavy atom. The lowest BCUT2D eigenvalue weighted by Crippen LogP contribution is -2.11. The zero-order valence-electron chi connectivity index (χ0n) is 11.6. The zero-order valence-corrected chi connectivity index (χ0v) is 11.6. The van der Waals surface area contributed by atoms with Crippen molar-refractivity contribution in [3.63, 3.8) is 0 Å². The molecule has 0 saturated heterocycles. The van der Waals surface area contributed by atoms with Gasteiger partial charge in [0.25, 0.3) is 0 Å². The highest BCUT2D eigenvalue weighted by atomic mass is 19.1. The van der Waals surface area contributed by atoms with Gasteiger partial charge < -0.3 is 14.6 Å². The maximum atomic E-state index is 13.4. The molecule has 0 radical (unpaired) electrons. The Labute approximate surface area is 121 Å². The van der Waals surface area contributed by atoms with Crippen molar-refractivity contribution in [2.75, 3.05) is 13.2 Å². The topological polar surface area (TPSA) is 38.7 Å². The normalized spacial score (nSPS) is 12.0. The molecule has 1 unspecified atom stereocenters. The summed E-state index contributed by atoms with van der Waals surface area (Å²) in [5.74, 6) is -1.39. The van der Waals surface area contributed by atoms with Crippen LogP contribution in [0.15, 0.2) is 42.5 Å². The van der Waals surface area contributed by atoms with E-state index >= 15 is 0 Å². The number of para-hydroxylation sites is 1. The van der Waals surface area contributed by atoms with Crippen molar-refractivity contribution in [2.24, 2.45) is 0 Å². The second kappa shape index (κ2) is 7.04. The fourth-order valence-electron chi connectivity index (χ4n) is 1.83. The molecule has 0 aliphatic carbocycles. The quantitative estimate of drug-likeness (QED) is 0.886. The summed E-state index contributed by atoms with van der Waals surface area (Å²) < 4.78 is 37.1. The smallest absolute Gasteiger partial charge is 0.190 e. The van der Waals surface area contributed by atoms with Gasteiger partial charge in [-0.3, -0.25) is 0 Å². The van der Waals surface area contributed by atoms with Crippen molar-refractivity contribution in [1.29, 1.82) is 0 Å². The Kier molecular flexibility index (Phi) is 5.11. The maximum Gasteiger partial charge on any atom is 0.190 e. The molecule has 0 heterocycles. The van der Waals surface area contributed by atoms with Crippen molar-refractivity contribution in [1.82, 2.24) is 0 Å². The highest BCUT2D eigenvalue weighted by Gasteiger charge is 2.13. The summed E-state index contributed by atoms with van der Waals surface area (Å²) in [5, 5.41) is 9.97. The lowest BCUT2D eigenvalue weighted by atomic mass is 10.1. The molecule has 1 N–H and O–H groups in total. The van der Waals surface area contributed by atoms with Gasteiger partial charge in [-0.05, 0) is 36.8 Å². The lowest BCUT2D eigenvalue weighted by molar-refractivity contribution is 0.103. The van der Waals surface area contributed by atoms with Crippen LogP contribution in [0.4, 0.5) is 8.78 Å². The Morgan fingerprint density at radius 2 is 1.62 bits per heavy atom. The van der Waals surface area contributed by atoms with E-state index in [-0.39, 0.29) is 6.61 Å². The fraction of sp³-hybridized carbons (Fsp3) is 0.250. The second-order valence-corrected chi connectivity index (χ2v) is 4.38. The second-order valence-electron chi connectivity index (χ2n) is 4.38. The molecular weight excluding hydrogens is 278 g/mol. The molecule has 2 aromatic rings. The van der Waals surface area contributed by atoms with Gasteiger partial charge in [-0.1, -0.05) is 18.2 Å². The SMILES string of the molecule is CCOc1ccc(C(O)COc2c(F)cccc2F)cc1. The van der Waals surface area contributed by atoms with Crippen LogP contribution in [-0.2, 0) is 0 Å². The molecule has 21 heavy (non-hydrogen) atoms. The highest BCUT2D eigenvalue weighted by molar-refractivity contribution is 5.29. The minimum absolute atomic E-state index is 0.244. The molecule has 5 heteroatoms. The van der Waals surface area contributed by atoms with Gasteiger partial charge in [0.2, 0.25) is 0 Å². The predicted molar refractivity (Wildman–Crippen MR) is 74.4 cm³/mol. The Balaban J connectivity index is 1.99. The summed E-state index contributed by atoms with van der Waals surface area (Å²) in [6.45, 7) is 2.18. The van der Waals surface area contributed by atoms with Crippen molar-refractivity contribution in [3.05, 3.63) is 59.7 Å². The summed E-state index contributed by atoms with van der Waals surface area (Å²) in [6.07, 6.45) is -0.986. The van der Waals surface area contributed by atoms with Crippen LogP contribution < -0.4 is 9.47 Å². The van der Waals surface area contributed by atoms with Gasteiger partial charge in [-0.2, -0.15) is 0 Å². The van der Waals surface area contributed by atoms with Gasteiger partial charge in [-0.15, -0.1) is 0 Å². The first-order valence-corrected chi connectivity index (χ1v) is 6.59. The van der Waals surface area contributed by atoms with E-state index in [1.807, 2.05) is 6.92 Å². The first-order valence-electron chi connectivity index (χ1n) is 6.59. The van der Waals surface area contributed by atoms with E-state index in [4.69, 9.17) is 9.47 Å². The molecule has 0 fully saturated rings. The van der Waals surface area contributed by atoms with E-state index < -0.39 is 23.5 Å². The molecule has 0 aromatic heterocycles. The standard InChI is InChI=1S/C16H16F2O3/c1-2-20-12-8-6-11(7-9-12)15(19)10-21-16-13(17)4-3-5-14(16)18/h3-9,15,19H,2,10H2,1H3. The largest absolute Gasteiger partial charge is 0.494 e. The number of hydrogen-bond acceptors (Lipinski definition) is 3. The molecule has 0 bridgehead atoms. The van der Waals surface area contributed by atoms with Crippen molar-refractivity contribution >= 4 is 0 Å². The molecule has 2 rings (SSSR count). The van der Waals surface area contributed by atoms with Gasteiger partial charge in [0.05, 0.1) is 6.61 Å². The summed E-state index contributed by atoms with van der Waals surface area (Å²) in [6, 6.07) is 10.2. The van der Waals surface area contributed by atoms with Gasteiger partial charge in [0, 0.05) is 0 Å². The van der Waals surface area contributed by atoms with E-state index in [0.29, 0.717) is 17.9 Å². The number of ether oxygens (including phenoxy) is 2. The van der Waals surface area contributed by atoms with Crippen LogP contribution in [0.5, 0.6) is 11.5 Å². The van der Waals surface area contributed by atoms with Crippen LogP contribution >= 0.6 is 0 Å². The molecule has 0 aliphatic heterocycles. The van der Waals surface area contributed by atoms with Crippen LogP contribution in [0.2, 0.25) is 0 Å². The molecule has 0 saturated carbocycles. The highest BCUT2D eigenvalue weighted by Crippen LogP contribution is 2.23. The van der Waals surface area contributed by atoms with Gasteiger partial charge in [-0.25, -0.2) is 8.78 Å². The molecule has 0 spiro atoms. The third-order valence-corrected chi connectivity index (χ3v) is 2.88. The average molecular weight is 294 g/mol. The van der Waals surface area contributed by atoms with E-state index in [2.05, 4.69) is 0 Å². The monoisotopic (exact) mass is 294 g/mol. The third kappa shape index (κ3) is 3.92. The Morgan fingerprint density at radius 1 is 1.00 bits per heavy atom. The van der Waals surface area contributed by atoms with Gasteiger partial charge in [0.15, 0.2) is 17.4 Å². The molecule has 2 aromatic carbocycles. The Hall–Kier alpha value is -2.14. The number of aliphatic hydroxyl groups is 1. The zero-order chi connectivity index (χ0) is 15.2. The third-order valence-electron chi connectivity index (χ3n) is 2.88. The van der Waals surface area contributed by atoms with Crippen LogP contribution in [0.25, 0.3) is 0 Å². The number of halogens is 2. The minimum atomic E-state index is -0.986. The molecular formula is C16H16F2O3. The Bertz CT molecular complexity index is 564. The summed E-state index contributed by atoms with van der Waals surface area (Å²) in [5.41, 5.74) is 0.579. The first-order chi connectivity index (χ1) is 10.1. The van der Waals surface area contributed by atoms with Gasteiger partial charge >= 0.3 is 0 Å². The van der Waals surface area contributed by atoms with Crippen molar-refractivity contribution in [3.8, 4) is 11.5 Å². The molecule has 0 amide bonds. The van der Waals surface area contributed by atoms with Crippen LogP contribution in [-0.4, -0.2) is 18.3 Å². The number of hydrogen-bond donors (Lipinski definition) is 1. The summed E-state index contributed by atoms with van der Waals surface area (Å²) >= 11 is 0. The van der Waals surface area contributed by atoms with E-state index in [0.717, 1.165) is 12.1 Å². The molecule has 0 aliphatic rings. The lowest BCUT2D eigenvalue weighted by Gasteiger charge is -2.14. The van der Waals surface area contributed by atoms with Crippen LogP contribution in [0.1, 0.15) is 18.6 Å². The van der Waals surface area contributed by atoms with E-state index in [9.17, 15) is 13.9 Å². The van der Waals surface area contributed by atoms with Crippen LogP contribution in [0, 0.1) is 11.6 Å². The maximum absolute atomic E-state index is 13.4. The average Bonchev–Trinajstić information content (AvgIpc) is 2.47. The van der Waals surface area contributed by atoms with E-state index in [1.54, 1.807) is 24.3 Å². The molecule has 3 nitrogen and oxygen atoms in total. The van der Waals surface area contributed by atoms with Crippen LogP contribution in [0.3, 0.4) is 0 Å². The summed E-state index contributed by atoms with van der Waals surface area (Å²) in [4.78, 5) is 0. The van der Waals surface area contributed by atoms with E-state index in [1.165, 1.54) is 6.07 Å². The molecule has 112 valence electrons. The van der Waals surface area contributed by atoms with Gasteiger partial charge in [0.1, 0.15) is 18.5 Å². The number of aliphatic hydroxyl groups excluding tert-OH is 1. The van der Waals surface area contributed by atoms with Crippen molar-refractivity contribution < 1.29 is 23.4 Å². The minimum Gasteiger partial charge on any atom is -0.494 e.